The van der Waals surface area contributed by atoms with E-state index in [9.17, 15) is 18.7 Å². The standard InChI is InChI=1S/C17H16F2O4/c18-17(19)22-15-9-6-12(10-16(15)23-17)14(21)8-7-13(20)11-4-2-1-3-5-11/h1-4,6,9-11,14,21H,5,7-8H2. The molecule has 2 unspecified atom stereocenters. The summed E-state index contributed by atoms with van der Waals surface area (Å²) in [4.78, 5) is 12.1. The number of halogens is 2. The maximum absolute atomic E-state index is 13.0. The second-order valence-electron chi connectivity index (χ2n) is 5.55. The average Bonchev–Trinajstić information content (AvgIpc) is 2.85. The number of aliphatic hydroxyl groups excluding tert-OH is 1. The summed E-state index contributed by atoms with van der Waals surface area (Å²) in [5.74, 6) is -0.279. The van der Waals surface area contributed by atoms with Gasteiger partial charge in [0.1, 0.15) is 5.78 Å². The number of hydrogen-bond acceptors (Lipinski definition) is 4. The van der Waals surface area contributed by atoms with Gasteiger partial charge in [0.15, 0.2) is 11.5 Å². The van der Waals surface area contributed by atoms with Crippen molar-refractivity contribution in [2.24, 2.45) is 5.92 Å². The number of ketones is 1. The number of allylic oxidation sites excluding steroid dienone is 4. The van der Waals surface area contributed by atoms with E-state index in [0.717, 1.165) is 0 Å². The molecule has 2 aliphatic rings. The van der Waals surface area contributed by atoms with Crippen LogP contribution in [0, 0.1) is 5.92 Å². The van der Waals surface area contributed by atoms with E-state index in [4.69, 9.17) is 0 Å². The molecule has 0 spiro atoms. The fourth-order valence-electron chi connectivity index (χ4n) is 2.62. The van der Waals surface area contributed by atoms with E-state index in [0.29, 0.717) is 12.0 Å². The minimum atomic E-state index is -3.68. The minimum Gasteiger partial charge on any atom is -0.395 e. The molecule has 0 fully saturated rings. The van der Waals surface area contributed by atoms with Crippen molar-refractivity contribution in [3.8, 4) is 11.5 Å². The summed E-state index contributed by atoms with van der Waals surface area (Å²) in [6.45, 7) is 0. The fourth-order valence-corrected chi connectivity index (χ4v) is 2.62. The monoisotopic (exact) mass is 322 g/mol. The third kappa shape index (κ3) is 3.59. The lowest BCUT2D eigenvalue weighted by atomic mass is 9.92. The second kappa shape index (κ2) is 6.12. The van der Waals surface area contributed by atoms with Gasteiger partial charge in [-0.2, -0.15) is 0 Å². The quantitative estimate of drug-likeness (QED) is 0.901. The van der Waals surface area contributed by atoms with E-state index in [1.807, 2.05) is 24.3 Å². The van der Waals surface area contributed by atoms with Crippen LogP contribution in [0.15, 0.2) is 42.5 Å². The first-order chi connectivity index (χ1) is 10.9. The molecule has 4 nitrogen and oxygen atoms in total. The molecule has 6 heteroatoms. The van der Waals surface area contributed by atoms with E-state index in [-0.39, 0.29) is 36.0 Å². The number of rotatable bonds is 5. The molecule has 0 radical (unpaired) electrons. The number of carbonyl (C=O) groups is 1. The Morgan fingerprint density at radius 3 is 2.83 bits per heavy atom. The Bertz CT molecular complexity index is 667. The van der Waals surface area contributed by atoms with Crippen LogP contribution in [-0.4, -0.2) is 17.2 Å². The maximum Gasteiger partial charge on any atom is 0.586 e. The van der Waals surface area contributed by atoms with Gasteiger partial charge in [0.2, 0.25) is 0 Å². The predicted molar refractivity (Wildman–Crippen MR) is 78.2 cm³/mol. The summed E-state index contributed by atoms with van der Waals surface area (Å²) in [6, 6.07) is 4.13. The van der Waals surface area contributed by atoms with Gasteiger partial charge in [0.25, 0.3) is 0 Å². The number of fused-ring (bicyclic) bond motifs is 1. The number of benzene rings is 1. The van der Waals surface area contributed by atoms with Crippen molar-refractivity contribution in [1.29, 1.82) is 0 Å². The number of aliphatic hydroxyl groups is 1. The summed E-state index contributed by atoms with van der Waals surface area (Å²) in [7, 11) is 0. The summed E-state index contributed by atoms with van der Waals surface area (Å²) >= 11 is 0. The maximum atomic E-state index is 13.0. The van der Waals surface area contributed by atoms with Crippen molar-refractivity contribution < 1.29 is 28.2 Å². The van der Waals surface area contributed by atoms with Crippen molar-refractivity contribution in [2.75, 3.05) is 0 Å². The van der Waals surface area contributed by atoms with E-state index in [1.54, 1.807) is 0 Å². The Balaban J connectivity index is 1.59. The zero-order valence-electron chi connectivity index (χ0n) is 12.2. The van der Waals surface area contributed by atoms with Crippen LogP contribution in [0.2, 0.25) is 0 Å². The molecule has 1 aliphatic carbocycles. The Morgan fingerprint density at radius 2 is 2.09 bits per heavy atom. The lowest BCUT2D eigenvalue weighted by molar-refractivity contribution is -0.286. The van der Waals surface area contributed by atoms with Crippen LogP contribution >= 0.6 is 0 Å². The van der Waals surface area contributed by atoms with Gasteiger partial charge in [-0.3, -0.25) is 4.79 Å². The molecular formula is C17H16F2O4. The Kier molecular flexibility index (Phi) is 4.17. The molecule has 0 bridgehead atoms. The van der Waals surface area contributed by atoms with Gasteiger partial charge in [-0.05, 0) is 30.5 Å². The van der Waals surface area contributed by atoms with Crippen LogP contribution in [0.25, 0.3) is 0 Å². The van der Waals surface area contributed by atoms with Crippen molar-refractivity contribution >= 4 is 5.78 Å². The Labute approximate surface area is 132 Å². The van der Waals surface area contributed by atoms with Gasteiger partial charge in [-0.25, -0.2) is 0 Å². The van der Waals surface area contributed by atoms with Gasteiger partial charge in [-0.1, -0.05) is 30.4 Å². The van der Waals surface area contributed by atoms with Crippen LogP contribution < -0.4 is 9.47 Å². The van der Waals surface area contributed by atoms with Crippen molar-refractivity contribution in [2.45, 2.75) is 31.7 Å². The van der Waals surface area contributed by atoms with Crippen LogP contribution in [-0.2, 0) is 4.79 Å². The van der Waals surface area contributed by atoms with Gasteiger partial charge < -0.3 is 14.6 Å². The van der Waals surface area contributed by atoms with Crippen molar-refractivity contribution in [1.82, 2.24) is 0 Å². The Hall–Kier alpha value is -2.21. The summed E-state index contributed by atoms with van der Waals surface area (Å²) in [5, 5.41) is 10.2. The summed E-state index contributed by atoms with van der Waals surface area (Å²) in [6.07, 6.45) is 4.01. The molecule has 0 aromatic heterocycles. The lowest BCUT2D eigenvalue weighted by Gasteiger charge is -2.14. The molecule has 0 saturated heterocycles. The van der Waals surface area contributed by atoms with E-state index in [2.05, 4.69) is 9.47 Å². The van der Waals surface area contributed by atoms with E-state index in [1.165, 1.54) is 18.2 Å². The molecule has 1 aliphatic heterocycles. The largest absolute Gasteiger partial charge is 0.586 e. The van der Waals surface area contributed by atoms with Gasteiger partial charge in [0, 0.05) is 12.3 Å². The highest BCUT2D eigenvalue weighted by Gasteiger charge is 2.43. The number of alkyl halides is 2. The molecule has 0 amide bonds. The number of carbonyl (C=O) groups excluding carboxylic acids is 1. The van der Waals surface area contributed by atoms with Crippen LogP contribution in [0.1, 0.15) is 30.9 Å². The third-order valence-corrected chi connectivity index (χ3v) is 3.87. The minimum absolute atomic E-state index is 0.0527. The number of ether oxygens (including phenoxy) is 2. The van der Waals surface area contributed by atoms with Gasteiger partial charge in [-0.15, -0.1) is 8.78 Å². The summed E-state index contributed by atoms with van der Waals surface area (Å²) < 4.78 is 34.6. The number of hydrogen-bond donors (Lipinski definition) is 1. The fraction of sp³-hybridized carbons (Fsp3) is 0.353. The Morgan fingerprint density at radius 1 is 1.30 bits per heavy atom. The first-order valence-electron chi connectivity index (χ1n) is 7.38. The molecule has 1 heterocycles. The average molecular weight is 322 g/mol. The van der Waals surface area contributed by atoms with Crippen LogP contribution in [0.4, 0.5) is 8.78 Å². The molecule has 0 saturated carbocycles. The topological polar surface area (TPSA) is 55.8 Å². The highest BCUT2D eigenvalue weighted by molar-refractivity contribution is 5.83. The zero-order chi connectivity index (χ0) is 16.4. The van der Waals surface area contributed by atoms with E-state index < -0.39 is 12.4 Å². The van der Waals surface area contributed by atoms with Crippen LogP contribution in [0.5, 0.6) is 11.5 Å². The van der Waals surface area contributed by atoms with Crippen molar-refractivity contribution in [3.63, 3.8) is 0 Å². The van der Waals surface area contributed by atoms with Crippen LogP contribution in [0.3, 0.4) is 0 Å². The highest BCUT2D eigenvalue weighted by Crippen LogP contribution is 2.42. The molecule has 23 heavy (non-hydrogen) atoms. The lowest BCUT2D eigenvalue weighted by Crippen LogP contribution is -2.25. The van der Waals surface area contributed by atoms with Crippen molar-refractivity contribution in [3.05, 3.63) is 48.1 Å². The molecule has 1 aromatic carbocycles. The first kappa shape index (κ1) is 15.7. The summed E-state index contributed by atoms with van der Waals surface area (Å²) in [5.41, 5.74) is 0.414. The van der Waals surface area contributed by atoms with Gasteiger partial charge >= 0.3 is 6.29 Å². The molecule has 3 rings (SSSR count). The van der Waals surface area contributed by atoms with E-state index >= 15 is 0 Å². The number of Topliss-reactive ketones (excluding diaryl/α,β-unsaturated/α-hetero) is 1. The first-order valence-corrected chi connectivity index (χ1v) is 7.38. The smallest absolute Gasteiger partial charge is 0.395 e. The highest BCUT2D eigenvalue weighted by atomic mass is 19.3. The normalized spacial score (nSPS) is 22.1. The molecule has 1 aromatic rings. The zero-order valence-corrected chi connectivity index (χ0v) is 12.2. The third-order valence-electron chi connectivity index (χ3n) is 3.87. The SMILES string of the molecule is O=C(CCC(O)c1ccc2c(c1)OC(F)(F)O2)C1C=CC=CC1. The molecule has 2 atom stereocenters. The predicted octanol–water partition coefficient (Wildman–Crippen LogP) is 3.52. The van der Waals surface area contributed by atoms with Gasteiger partial charge in [0.05, 0.1) is 6.10 Å². The molecule has 122 valence electrons. The molecular weight excluding hydrogens is 306 g/mol. The second-order valence-corrected chi connectivity index (χ2v) is 5.55. The molecule has 1 N–H and O–H groups in total.